The van der Waals surface area contributed by atoms with Crippen LogP contribution in [0.1, 0.15) is 47.0 Å². The molecule has 0 aromatic carbocycles. The smallest absolute Gasteiger partial charge is 0.0953 e. The summed E-state index contributed by atoms with van der Waals surface area (Å²) in [7, 11) is 8.14. The largest absolute Gasteiger partial charge is 0.323 e. The van der Waals surface area contributed by atoms with Crippen LogP contribution >= 0.6 is 0 Å². The number of hydrogen-bond donors (Lipinski definition) is 1. The van der Waals surface area contributed by atoms with Crippen LogP contribution in [0.5, 0.6) is 0 Å². The summed E-state index contributed by atoms with van der Waals surface area (Å²) >= 11 is 0. The van der Waals surface area contributed by atoms with Crippen LogP contribution < -0.4 is 5.32 Å². The lowest BCUT2D eigenvalue weighted by molar-refractivity contribution is 0.232. The number of nitrogens with one attached hydrogen (secondary N) is 1. The molecule has 3 unspecified atom stereocenters. The maximum Gasteiger partial charge on any atom is 0.0953 e. The van der Waals surface area contributed by atoms with E-state index in [1.54, 1.807) is 0 Å². The Balaban J connectivity index is 4.31. The molecule has 2 heteroatoms. The van der Waals surface area contributed by atoms with Crippen LogP contribution in [0, 0.1) is 11.8 Å². The van der Waals surface area contributed by atoms with Gasteiger partial charge in [-0.3, -0.25) is 0 Å². The van der Waals surface area contributed by atoms with Gasteiger partial charge in [0, 0.05) is 0 Å². The molecule has 0 aromatic heterocycles. The summed E-state index contributed by atoms with van der Waals surface area (Å²) in [4.78, 5) is 0. The lowest BCUT2D eigenvalue weighted by Crippen LogP contribution is -2.49. The lowest BCUT2D eigenvalue weighted by atomic mass is 9.63. The van der Waals surface area contributed by atoms with Crippen LogP contribution in [0.25, 0.3) is 0 Å². The van der Waals surface area contributed by atoms with Crippen LogP contribution in [0.3, 0.4) is 0 Å². The van der Waals surface area contributed by atoms with Crippen molar-refractivity contribution < 1.29 is 0 Å². The first-order valence-electron chi connectivity index (χ1n) is 5.47. The van der Waals surface area contributed by atoms with Crippen molar-refractivity contribution in [2.24, 2.45) is 11.8 Å². The maximum absolute atomic E-state index is 6.19. The summed E-state index contributed by atoms with van der Waals surface area (Å²) in [5.74, 6) is 1.27. The molecule has 0 rings (SSSR count). The SMILES string of the molecule is [B]C(C)(NC)C(CC)C(C)CCC. The Kier molecular flexibility index (Phi) is 5.70. The van der Waals surface area contributed by atoms with E-state index in [9.17, 15) is 0 Å². The molecule has 13 heavy (non-hydrogen) atoms. The van der Waals surface area contributed by atoms with Gasteiger partial charge in [-0.1, -0.05) is 47.0 Å². The average Bonchev–Trinajstić information content (AvgIpc) is 2.05. The molecule has 0 spiro atoms. The van der Waals surface area contributed by atoms with Gasteiger partial charge in [0.25, 0.3) is 0 Å². The highest BCUT2D eigenvalue weighted by atomic mass is 14.9. The quantitative estimate of drug-likeness (QED) is 0.621. The second-order valence-electron chi connectivity index (χ2n) is 4.31. The molecular weight excluding hydrogens is 157 g/mol. The van der Waals surface area contributed by atoms with Crippen LogP contribution in [0.2, 0.25) is 0 Å². The van der Waals surface area contributed by atoms with Gasteiger partial charge in [-0.25, -0.2) is 0 Å². The minimum atomic E-state index is -0.219. The molecule has 2 radical (unpaired) electrons. The van der Waals surface area contributed by atoms with Crippen molar-refractivity contribution in [3.63, 3.8) is 0 Å². The fourth-order valence-electron chi connectivity index (χ4n) is 2.26. The highest BCUT2D eigenvalue weighted by Crippen LogP contribution is 2.28. The Labute approximate surface area is 85.1 Å². The van der Waals surface area contributed by atoms with Crippen molar-refractivity contribution in [2.45, 2.75) is 52.4 Å². The molecule has 0 saturated heterocycles. The summed E-state index contributed by atoms with van der Waals surface area (Å²) in [5, 5.41) is 3.21. The lowest BCUT2D eigenvalue weighted by Gasteiger charge is -2.38. The molecule has 0 amide bonds. The molecule has 1 nitrogen and oxygen atoms in total. The van der Waals surface area contributed by atoms with E-state index in [1.165, 1.54) is 12.8 Å². The Morgan fingerprint density at radius 1 is 1.38 bits per heavy atom. The van der Waals surface area contributed by atoms with E-state index in [0.717, 1.165) is 6.42 Å². The second-order valence-corrected chi connectivity index (χ2v) is 4.31. The van der Waals surface area contributed by atoms with Crippen molar-refractivity contribution in [1.29, 1.82) is 0 Å². The minimum Gasteiger partial charge on any atom is -0.323 e. The van der Waals surface area contributed by atoms with Crippen LogP contribution in [-0.2, 0) is 0 Å². The zero-order chi connectivity index (χ0) is 10.5. The van der Waals surface area contributed by atoms with Gasteiger partial charge in [0.05, 0.1) is 7.85 Å². The van der Waals surface area contributed by atoms with Crippen molar-refractivity contribution in [2.75, 3.05) is 7.05 Å². The zero-order valence-corrected chi connectivity index (χ0v) is 9.85. The summed E-state index contributed by atoms with van der Waals surface area (Å²) in [6.07, 6.45) is 3.67. The van der Waals surface area contributed by atoms with E-state index in [2.05, 4.69) is 33.0 Å². The second kappa shape index (κ2) is 5.69. The van der Waals surface area contributed by atoms with E-state index in [1.807, 2.05) is 7.05 Å². The van der Waals surface area contributed by atoms with Gasteiger partial charge in [0.2, 0.25) is 0 Å². The van der Waals surface area contributed by atoms with Gasteiger partial charge < -0.3 is 5.32 Å². The van der Waals surface area contributed by atoms with Crippen molar-refractivity contribution in [1.82, 2.24) is 5.32 Å². The fraction of sp³-hybridized carbons (Fsp3) is 1.00. The number of hydrogen-bond acceptors (Lipinski definition) is 1. The summed E-state index contributed by atoms with van der Waals surface area (Å²) < 4.78 is 0. The molecule has 0 heterocycles. The van der Waals surface area contributed by atoms with E-state index in [0.29, 0.717) is 11.8 Å². The molecule has 0 aliphatic rings. The average molecular weight is 181 g/mol. The number of rotatable bonds is 6. The first kappa shape index (κ1) is 13.0. The third-order valence-electron chi connectivity index (χ3n) is 3.18. The Morgan fingerprint density at radius 3 is 2.23 bits per heavy atom. The Bertz CT molecular complexity index is 134. The van der Waals surface area contributed by atoms with Crippen LogP contribution in [-0.4, -0.2) is 20.3 Å². The molecule has 1 N–H and O–H groups in total. The van der Waals surface area contributed by atoms with Gasteiger partial charge >= 0.3 is 0 Å². The van der Waals surface area contributed by atoms with E-state index in [4.69, 9.17) is 7.85 Å². The monoisotopic (exact) mass is 181 g/mol. The van der Waals surface area contributed by atoms with E-state index < -0.39 is 0 Å². The zero-order valence-electron chi connectivity index (χ0n) is 9.85. The van der Waals surface area contributed by atoms with Gasteiger partial charge in [-0.15, -0.1) is 0 Å². The highest BCUT2D eigenvalue weighted by Gasteiger charge is 2.29. The van der Waals surface area contributed by atoms with Gasteiger partial charge in [0.1, 0.15) is 0 Å². The summed E-state index contributed by atoms with van der Waals surface area (Å²) in [6.45, 7) is 8.85. The molecule has 0 fully saturated rings. The topological polar surface area (TPSA) is 12.0 Å². The van der Waals surface area contributed by atoms with Crippen LogP contribution in [0.15, 0.2) is 0 Å². The van der Waals surface area contributed by atoms with Gasteiger partial charge in [-0.2, -0.15) is 0 Å². The first-order valence-corrected chi connectivity index (χ1v) is 5.47. The third kappa shape index (κ3) is 3.72. The Hall–Kier alpha value is 0.0249. The fourth-order valence-corrected chi connectivity index (χ4v) is 2.26. The summed E-state index contributed by atoms with van der Waals surface area (Å²) in [5.41, 5.74) is -0.219. The first-order chi connectivity index (χ1) is 5.99. The molecule has 0 aromatic rings. The summed E-state index contributed by atoms with van der Waals surface area (Å²) in [6, 6.07) is 0. The molecule has 0 aliphatic heterocycles. The predicted octanol–water partition coefficient (Wildman–Crippen LogP) is 2.55. The molecule has 76 valence electrons. The highest BCUT2D eigenvalue weighted by molar-refractivity contribution is 6.15. The Morgan fingerprint density at radius 2 is 1.92 bits per heavy atom. The predicted molar refractivity (Wildman–Crippen MR) is 61.1 cm³/mol. The maximum atomic E-state index is 6.19. The van der Waals surface area contributed by atoms with Crippen molar-refractivity contribution in [3.8, 4) is 0 Å². The van der Waals surface area contributed by atoms with Crippen molar-refractivity contribution >= 4 is 7.85 Å². The molecule has 3 atom stereocenters. The third-order valence-corrected chi connectivity index (χ3v) is 3.18. The molecule has 0 aliphatic carbocycles. The van der Waals surface area contributed by atoms with Crippen LogP contribution in [0.4, 0.5) is 0 Å². The van der Waals surface area contributed by atoms with E-state index in [-0.39, 0.29) is 5.44 Å². The van der Waals surface area contributed by atoms with Crippen molar-refractivity contribution in [3.05, 3.63) is 0 Å². The van der Waals surface area contributed by atoms with Gasteiger partial charge in [0.15, 0.2) is 0 Å². The van der Waals surface area contributed by atoms with E-state index >= 15 is 0 Å². The minimum absolute atomic E-state index is 0.219. The molecular formula is C11H24BN. The standard InChI is InChI=1S/C11H24BN/c1-6-8-9(3)10(7-2)11(4,12)13-5/h9-10,13H,6-8H2,1-5H3. The molecule has 0 bridgehead atoms. The van der Waals surface area contributed by atoms with Gasteiger partial charge in [-0.05, 0) is 24.3 Å². The molecule has 0 saturated carbocycles. The normalized spacial score (nSPS) is 20.7.